The van der Waals surface area contributed by atoms with Crippen molar-refractivity contribution in [3.8, 4) is 5.75 Å². The van der Waals surface area contributed by atoms with Gasteiger partial charge in [0.1, 0.15) is 5.75 Å². The van der Waals surface area contributed by atoms with Crippen LogP contribution in [0.25, 0.3) is 10.9 Å². The second-order valence-corrected chi connectivity index (χ2v) is 10.8. The number of aromatic nitrogens is 1. The number of nitrogens with one attached hydrogen (secondary N) is 1. The molecule has 1 fully saturated rings. The molecule has 1 aliphatic heterocycles. The third-order valence-electron chi connectivity index (χ3n) is 8.60. The van der Waals surface area contributed by atoms with E-state index >= 15 is 0 Å². The number of fused-ring (bicyclic) bond motifs is 1. The van der Waals surface area contributed by atoms with Crippen molar-refractivity contribution in [2.24, 2.45) is 0 Å². The van der Waals surface area contributed by atoms with Crippen LogP contribution >= 0.6 is 0 Å². The molecule has 5 rings (SSSR count). The molecule has 0 spiro atoms. The highest BCUT2D eigenvalue weighted by atomic mass is 16.5. The summed E-state index contributed by atoms with van der Waals surface area (Å²) in [5.74, 6) is 0.909. The second kappa shape index (κ2) is 11.7. The first-order valence-corrected chi connectivity index (χ1v) is 13.9. The lowest BCUT2D eigenvalue weighted by Crippen LogP contribution is -2.51. The predicted molar refractivity (Wildman–Crippen MR) is 158 cm³/mol. The number of hydrogen-bond donors (Lipinski definition) is 1. The third kappa shape index (κ3) is 5.37. The molecule has 5 heteroatoms. The molecular formula is C33H42N4O. The molecule has 38 heavy (non-hydrogen) atoms. The Labute approximate surface area is 228 Å². The van der Waals surface area contributed by atoms with Crippen LogP contribution < -0.4 is 10.1 Å². The van der Waals surface area contributed by atoms with Crippen molar-refractivity contribution < 1.29 is 4.74 Å². The molecule has 0 atom stereocenters. The average Bonchev–Trinajstić information content (AvgIpc) is 3.21. The van der Waals surface area contributed by atoms with Gasteiger partial charge in [-0.1, -0.05) is 60.7 Å². The van der Waals surface area contributed by atoms with E-state index in [2.05, 4.69) is 120 Å². The molecule has 0 radical (unpaired) electrons. The molecule has 200 valence electrons. The van der Waals surface area contributed by atoms with Crippen molar-refractivity contribution >= 4 is 10.9 Å². The first-order valence-electron chi connectivity index (χ1n) is 13.9. The maximum absolute atomic E-state index is 5.58. The third-order valence-corrected chi connectivity index (χ3v) is 8.60. The van der Waals surface area contributed by atoms with Crippen LogP contribution in [-0.2, 0) is 18.6 Å². The lowest BCUT2D eigenvalue weighted by Gasteiger charge is -2.46. The first kappa shape index (κ1) is 26.5. The van der Waals surface area contributed by atoms with Gasteiger partial charge < -0.3 is 19.5 Å². The minimum Gasteiger partial charge on any atom is -0.497 e. The summed E-state index contributed by atoms with van der Waals surface area (Å²) in [6.45, 7) is 8.29. The van der Waals surface area contributed by atoms with E-state index in [0.717, 1.165) is 57.9 Å². The largest absolute Gasteiger partial charge is 0.497 e. The summed E-state index contributed by atoms with van der Waals surface area (Å²) in [6, 6.07) is 28.2. The summed E-state index contributed by atoms with van der Waals surface area (Å²) in [7, 11) is 6.21. The quantitative estimate of drug-likeness (QED) is 0.280. The molecule has 1 saturated heterocycles. The summed E-state index contributed by atoms with van der Waals surface area (Å²) >= 11 is 0. The fourth-order valence-electron chi connectivity index (χ4n) is 6.19. The number of benzene rings is 3. The summed E-state index contributed by atoms with van der Waals surface area (Å²) in [5.41, 5.74) is 6.85. The zero-order valence-electron chi connectivity index (χ0n) is 23.4. The van der Waals surface area contributed by atoms with Crippen LogP contribution in [0.2, 0.25) is 0 Å². The number of nitrogens with zero attached hydrogens (tertiary/aromatic N) is 3. The van der Waals surface area contributed by atoms with Crippen LogP contribution in [0.3, 0.4) is 0 Å². The van der Waals surface area contributed by atoms with E-state index in [0.29, 0.717) is 0 Å². The van der Waals surface area contributed by atoms with Crippen molar-refractivity contribution in [2.75, 3.05) is 47.4 Å². The van der Waals surface area contributed by atoms with Gasteiger partial charge in [0.15, 0.2) is 0 Å². The van der Waals surface area contributed by atoms with E-state index in [1.54, 1.807) is 7.11 Å². The highest BCUT2D eigenvalue weighted by Gasteiger charge is 2.37. The summed E-state index contributed by atoms with van der Waals surface area (Å²) in [6.07, 6.45) is 2.33. The van der Waals surface area contributed by atoms with E-state index in [-0.39, 0.29) is 5.54 Å². The fraction of sp³-hybridized carbons (Fsp3) is 0.394. The fourth-order valence-corrected chi connectivity index (χ4v) is 6.19. The van der Waals surface area contributed by atoms with Gasteiger partial charge in [0.25, 0.3) is 0 Å². The molecule has 1 aliphatic rings. The van der Waals surface area contributed by atoms with Crippen molar-refractivity contribution in [1.29, 1.82) is 0 Å². The first-order chi connectivity index (χ1) is 18.5. The second-order valence-electron chi connectivity index (χ2n) is 10.8. The number of likely N-dealkylation sites (tertiary alicyclic amines) is 1. The van der Waals surface area contributed by atoms with Crippen LogP contribution in [-0.4, -0.2) is 61.8 Å². The number of rotatable bonds is 10. The van der Waals surface area contributed by atoms with E-state index in [1.165, 1.54) is 33.3 Å². The van der Waals surface area contributed by atoms with Crippen LogP contribution in [0.4, 0.5) is 0 Å². The Morgan fingerprint density at radius 1 is 0.921 bits per heavy atom. The van der Waals surface area contributed by atoms with Crippen LogP contribution in [0, 0.1) is 6.92 Å². The smallest absolute Gasteiger partial charge is 0.119 e. The molecule has 0 bridgehead atoms. The zero-order valence-corrected chi connectivity index (χ0v) is 23.4. The van der Waals surface area contributed by atoms with E-state index in [4.69, 9.17) is 4.74 Å². The average molecular weight is 511 g/mol. The molecule has 0 unspecified atom stereocenters. The van der Waals surface area contributed by atoms with Gasteiger partial charge in [-0.3, -0.25) is 4.90 Å². The maximum atomic E-state index is 5.58. The van der Waals surface area contributed by atoms with E-state index < -0.39 is 0 Å². The van der Waals surface area contributed by atoms with Gasteiger partial charge >= 0.3 is 0 Å². The summed E-state index contributed by atoms with van der Waals surface area (Å²) < 4.78 is 8.02. The normalized spacial score (nSPS) is 15.8. The topological polar surface area (TPSA) is 32.7 Å². The summed E-state index contributed by atoms with van der Waals surface area (Å²) in [4.78, 5) is 5.05. The van der Waals surface area contributed by atoms with E-state index in [1.807, 2.05) is 0 Å². The van der Waals surface area contributed by atoms with Gasteiger partial charge in [-0.15, -0.1) is 0 Å². The Balaban J connectivity index is 1.23. The molecule has 2 heterocycles. The van der Waals surface area contributed by atoms with Gasteiger partial charge in [-0.25, -0.2) is 0 Å². The van der Waals surface area contributed by atoms with Crippen LogP contribution in [0.15, 0.2) is 78.9 Å². The highest BCUT2D eigenvalue weighted by Crippen LogP contribution is 2.37. The van der Waals surface area contributed by atoms with Gasteiger partial charge in [-0.2, -0.15) is 0 Å². The van der Waals surface area contributed by atoms with Crippen LogP contribution in [0.5, 0.6) is 5.75 Å². The molecule has 0 amide bonds. The Morgan fingerprint density at radius 2 is 1.61 bits per heavy atom. The van der Waals surface area contributed by atoms with Gasteiger partial charge in [0, 0.05) is 61.4 Å². The van der Waals surface area contributed by atoms with Crippen LogP contribution in [0.1, 0.15) is 35.2 Å². The summed E-state index contributed by atoms with van der Waals surface area (Å²) in [5, 5.41) is 5.05. The Bertz CT molecular complexity index is 1320. The number of methoxy groups -OCH3 is 1. The number of ether oxygens (including phenoxy) is 1. The minimum atomic E-state index is 0.141. The monoisotopic (exact) mass is 510 g/mol. The Kier molecular flexibility index (Phi) is 8.18. The van der Waals surface area contributed by atoms with Crippen molar-refractivity contribution in [2.45, 2.75) is 38.4 Å². The standard InChI is InChI=1S/C33H42N4O/c1-26-31(30-23-29(38-4)15-16-32(30)37(26)25-27-11-7-5-8-12-27)24-34-19-22-36-20-17-33(18-21-36,35(2)3)28-13-9-6-10-14-28/h5-16,23,34H,17-22,24-25H2,1-4H3. The minimum absolute atomic E-state index is 0.141. The molecule has 0 saturated carbocycles. The van der Waals surface area contributed by atoms with Gasteiger partial charge in [-0.05, 0) is 68.8 Å². The molecular weight excluding hydrogens is 468 g/mol. The van der Waals surface area contributed by atoms with Crippen molar-refractivity contribution in [3.63, 3.8) is 0 Å². The van der Waals surface area contributed by atoms with Crippen molar-refractivity contribution in [1.82, 2.24) is 19.7 Å². The van der Waals surface area contributed by atoms with Crippen molar-refractivity contribution in [3.05, 3.63) is 101 Å². The molecule has 4 aromatic rings. The SMILES string of the molecule is COc1ccc2c(c1)c(CNCCN1CCC(c3ccccc3)(N(C)C)CC1)c(C)n2Cc1ccccc1. The molecule has 0 aliphatic carbocycles. The number of hydrogen-bond acceptors (Lipinski definition) is 4. The highest BCUT2D eigenvalue weighted by molar-refractivity contribution is 5.87. The molecule has 3 aromatic carbocycles. The Morgan fingerprint density at radius 3 is 2.26 bits per heavy atom. The molecule has 5 nitrogen and oxygen atoms in total. The van der Waals surface area contributed by atoms with Gasteiger partial charge in [0.2, 0.25) is 0 Å². The number of piperidine rings is 1. The molecule has 1 N–H and O–H groups in total. The molecule has 1 aromatic heterocycles. The lowest BCUT2D eigenvalue weighted by atomic mass is 9.80. The van der Waals surface area contributed by atoms with Gasteiger partial charge in [0.05, 0.1) is 7.11 Å². The lowest BCUT2D eigenvalue weighted by molar-refractivity contribution is 0.0543. The predicted octanol–water partition coefficient (Wildman–Crippen LogP) is 5.65. The Hall–Kier alpha value is -3.12. The van der Waals surface area contributed by atoms with E-state index in [9.17, 15) is 0 Å². The zero-order chi connectivity index (χ0) is 26.5. The maximum Gasteiger partial charge on any atom is 0.119 e.